The maximum Gasteiger partial charge on any atom is 0.311 e. The van der Waals surface area contributed by atoms with Gasteiger partial charge in [0.1, 0.15) is 6.61 Å². The smallest absolute Gasteiger partial charge is 0.311 e. The summed E-state index contributed by atoms with van der Waals surface area (Å²) in [5.74, 6) is -0.565. The van der Waals surface area contributed by atoms with E-state index in [-0.39, 0.29) is 34.7 Å². The van der Waals surface area contributed by atoms with Crippen LogP contribution in [0.3, 0.4) is 0 Å². The lowest BCUT2D eigenvalue weighted by Crippen LogP contribution is -2.61. The maximum absolute atomic E-state index is 13.4. The molecule has 31 heavy (non-hydrogen) atoms. The van der Waals surface area contributed by atoms with Gasteiger partial charge < -0.3 is 14.6 Å². The number of esters is 2. The number of carbonyl (C=O) groups is 2. The minimum Gasteiger partial charge on any atom is -0.461 e. The van der Waals surface area contributed by atoms with Gasteiger partial charge in [-0.05, 0) is 60.7 Å². The second kappa shape index (κ2) is 8.37. The summed E-state index contributed by atoms with van der Waals surface area (Å²) in [6.45, 7) is 12.0. The number of rotatable bonds is 5. The lowest BCUT2D eigenvalue weighted by Gasteiger charge is -2.65. The van der Waals surface area contributed by atoms with Gasteiger partial charge in [-0.1, -0.05) is 46.3 Å². The molecule has 0 amide bonds. The predicted octanol–water partition coefficient (Wildman–Crippen LogP) is 4.89. The van der Waals surface area contributed by atoms with Gasteiger partial charge in [0, 0.05) is 6.92 Å². The molecule has 2 saturated carbocycles. The first-order valence-electron chi connectivity index (χ1n) is 11.6. The van der Waals surface area contributed by atoms with Crippen molar-refractivity contribution in [2.24, 2.45) is 34.0 Å². The van der Waals surface area contributed by atoms with Gasteiger partial charge in [0.2, 0.25) is 0 Å². The number of allylic oxidation sites excluding steroid dienone is 2. The van der Waals surface area contributed by atoms with Gasteiger partial charge in [-0.2, -0.15) is 0 Å². The number of alkyl halides is 1. The molecule has 5 nitrogen and oxygen atoms in total. The first-order valence-corrected chi connectivity index (χ1v) is 12.0. The molecule has 0 radical (unpaired) electrons. The second-order valence-corrected chi connectivity index (χ2v) is 12.2. The monoisotopic (exact) mass is 454 g/mol. The summed E-state index contributed by atoms with van der Waals surface area (Å²) in [5, 5.41) is 9.45. The van der Waals surface area contributed by atoms with Crippen molar-refractivity contribution in [3.8, 4) is 0 Å². The van der Waals surface area contributed by atoms with E-state index in [9.17, 15) is 14.7 Å². The average molecular weight is 455 g/mol. The molecule has 7 unspecified atom stereocenters. The van der Waals surface area contributed by atoms with Crippen molar-refractivity contribution in [1.29, 1.82) is 0 Å². The van der Waals surface area contributed by atoms with E-state index in [1.54, 1.807) is 0 Å². The molecule has 3 aliphatic rings. The normalized spacial score (nSPS) is 42.1. The van der Waals surface area contributed by atoms with Gasteiger partial charge in [-0.15, -0.1) is 11.6 Å². The van der Waals surface area contributed by atoms with E-state index in [1.807, 2.05) is 13.0 Å². The van der Waals surface area contributed by atoms with Crippen molar-refractivity contribution in [3.05, 3.63) is 12.2 Å². The van der Waals surface area contributed by atoms with Gasteiger partial charge in [-0.25, -0.2) is 0 Å². The van der Waals surface area contributed by atoms with Crippen LogP contribution in [0.25, 0.3) is 0 Å². The number of aliphatic hydroxyl groups is 1. The highest BCUT2D eigenvalue weighted by Gasteiger charge is 2.64. The highest BCUT2D eigenvalue weighted by Crippen LogP contribution is 2.68. The van der Waals surface area contributed by atoms with E-state index in [1.165, 1.54) is 19.8 Å². The van der Waals surface area contributed by atoms with Crippen molar-refractivity contribution >= 4 is 23.5 Å². The Morgan fingerprint density at radius 2 is 1.81 bits per heavy atom. The molecule has 2 fully saturated rings. The second-order valence-electron chi connectivity index (χ2n) is 11.4. The third-order valence-electron chi connectivity index (χ3n) is 8.69. The lowest BCUT2D eigenvalue weighted by molar-refractivity contribution is -0.177. The fourth-order valence-corrected chi connectivity index (χ4v) is 7.94. The number of hydrogen-bond donors (Lipinski definition) is 1. The van der Waals surface area contributed by atoms with Crippen molar-refractivity contribution in [3.63, 3.8) is 0 Å². The van der Waals surface area contributed by atoms with Crippen LogP contribution in [0.2, 0.25) is 0 Å². The molecule has 0 bridgehead atoms. The fraction of sp³-hybridized carbons (Fsp3) is 0.840. The average Bonchev–Trinajstić information content (AvgIpc) is 2.62. The third-order valence-corrected chi connectivity index (χ3v) is 9.03. The standard InChI is InChI=1S/C25H39ClO5/c1-16(28)31-17(14-27)15-30-21(29)20-24(5)12-8-18-22(2,3)10-7-11-23(18,4)19(24)9-13-25(20,6)26/h9,13,17-20,27H,7-8,10-12,14-15H2,1-6H3. The molecule has 0 saturated heterocycles. The van der Waals surface area contributed by atoms with Crippen molar-refractivity contribution in [2.45, 2.75) is 84.6 Å². The molecule has 0 aromatic rings. The van der Waals surface area contributed by atoms with Gasteiger partial charge in [0.15, 0.2) is 6.10 Å². The number of hydrogen-bond acceptors (Lipinski definition) is 5. The Kier molecular flexibility index (Phi) is 6.63. The Bertz CT molecular complexity index is 744. The SMILES string of the molecule is CC(=O)OC(CO)COC(=O)C1C(C)(Cl)C=CC2C1(C)CCC1C(C)(C)CCCC12C. The van der Waals surface area contributed by atoms with Crippen molar-refractivity contribution < 1.29 is 24.2 Å². The molecule has 176 valence electrons. The number of fused-ring (bicyclic) bond motifs is 3. The van der Waals surface area contributed by atoms with Gasteiger partial charge in [0.05, 0.1) is 17.4 Å². The maximum atomic E-state index is 13.4. The van der Waals surface area contributed by atoms with Crippen LogP contribution in [-0.2, 0) is 19.1 Å². The van der Waals surface area contributed by atoms with E-state index in [0.717, 1.165) is 19.3 Å². The number of carbonyl (C=O) groups excluding carboxylic acids is 2. The zero-order valence-corrected chi connectivity index (χ0v) is 20.6. The minimum atomic E-state index is -0.863. The summed E-state index contributed by atoms with van der Waals surface area (Å²) in [7, 11) is 0. The minimum absolute atomic E-state index is 0.114. The van der Waals surface area contributed by atoms with E-state index >= 15 is 0 Å². The highest BCUT2D eigenvalue weighted by molar-refractivity contribution is 6.26. The Labute approximate surface area is 191 Å². The molecule has 0 aliphatic heterocycles. The Morgan fingerprint density at radius 3 is 2.42 bits per heavy atom. The molecule has 3 aliphatic carbocycles. The van der Waals surface area contributed by atoms with E-state index in [2.05, 4.69) is 33.8 Å². The molecular weight excluding hydrogens is 416 g/mol. The molecule has 6 heteroatoms. The summed E-state index contributed by atoms with van der Waals surface area (Å²) in [6.07, 6.45) is 9.02. The summed E-state index contributed by atoms with van der Waals surface area (Å²) < 4.78 is 10.6. The molecule has 0 heterocycles. The summed E-state index contributed by atoms with van der Waals surface area (Å²) in [6, 6.07) is 0. The molecule has 7 atom stereocenters. The van der Waals surface area contributed by atoms with Crippen molar-refractivity contribution in [2.75, 3.05) is 13.2 Å². The lowest BCUT2D eigenvalue weighted by atomic mass is 9.40. The summed E-state index contributed by atoms with van der Waals surface area (Å²) in [4.78, 5) is 23.8. The molecule has 3 rings (SSSR count). The van der Waals surface area contributed by atoms with Crippen molar-refractivity contribution in [1.82, 2.24) is 0 Å². The summed E-state index contributed by atoms with van der Waals surface area (Å²) in [5.41, 5.74) is 0.0813. The van der Waals surface area contributed by atoms with Crippen LogP contribution in [0.4, 0.5) is 0 Å². The Morgan fingerprint density at radius 1 is 1.13 bits per heavy atom. The van der Waals surface area contributed by atoms with Crippen LogP contribution in [0.15, 0.2) is 12.2 Å². The summed E-state index contributed by atoms with van der Waals surface area (Å²) >= 11 is 6.93. The van der Waals surface area contributed by atoms with E-state index < -0.39 is 29.5 Å². The third kappa shape index (κ3) is 4.29. The predicted molar refractivity (Wildman–Crippen MR) is 121 cm³/mol. The number of aliphatic hydroxyl groups excluding tert-OH is 1. The first kappa shape index (κ1) is 24.6. The largest absolute Gasteiger partial charge is 0.461 e. The fourth-order valence-electron chi connectivity index (χ4n) is 7.53. The van der Waals surface area contributed by atoms with Crippen LogP contribution in [-0.4, -0.2) is 41.2 Å². The van der Waals surface area contributed by atoms with Crippen LogP contribution < -0.4 is 0 Å². The first-order chi connectivity index (χ1) is 14.3. The van der Waals surface area contributed by atoms with Crippen LogP contribution in [0.1, 0.15) is 73.6 Å². The zero-order chi connectivity index (χ0) is 23.2. The van der Waals surface area contributed by atoms with Gasteiger partial charge in [-0.3, -0.25) is 9.59 Å². The molecule has 1 N–H and O–H groups in total. The Hall–Kier alpha value is -1.07. The van der Waals surface area contributed by atoms with Gasteiger partial charge >= 0.3 is 11.9 Å². The highest BCUT2D eigenvalue weighted by atomic mass is 35.5. The quantitative estimate of drug-likeness (QED) is 0.364. The van der Waals surface area contributed by atoms with Gasteiger partial charge in [0.25, 0.3) is 0 Å². The Balaban J connectivity index is 1.89. The molecule has 0 aromatic heterocycles. The van der Waals surface area contributed by atoms with Crippen LogP contribution >= 0.6 is 11.6 Å². The van der Waals surface area contributed by atoms with Crippen LogP contribution in [0, 0.1) is 34.0 Å². The van der Waals surface area contributed by atoms with Crippen LogP contribution in [0.5, 0.6) is 0 Å². The molecular formula is C25H39ClO5. The number of halogens is 1. The zero-order valence-electron chi connectivity index (χ0n) is 19.9. The van der Waals surface area contributed by atoms with E-state index in [4.69, 9.17) is 21.1 Å². The molecule has 0 aromatic carbocycles. The molecule has 0 spiro atoms. The number of ether oxygens (including phenoxy) is 2. The van der Waals surface area contributed by atoms with E-state index in [0.29, 0.717) is 5.92 Å². The topological polar surface area (TPSA) is 72.8 Å².